The summed E-state index contributed by atoms with van der Waals surface area (Å²) in [5.74, 6) is -0.180. The van der Waals surface area contributed by atoms with Crippen molar-refractivity contribution in [2.75, 3.05) is 0 Å². The van der Waals surface area contributed by atoms with Gasteiger partial charge in [0.25, 0.3) is 0 Å². The molecule has 0 radical (unpaired) electrons. The maximum Gasteiger partial charge on any atom is 0.161 e. The maximum absolute atomic E-state index is 11.2. The summed E-state index contributed by atoms with van der Waals surface area (Å²) in [5.41, 5.74) is 3.09. The number of hydrogen-bond donors (Lipinski definition) is 4. The summed E-state index contributed by atoms with van der Waals surface area (Å²) < 4.78 is 0. The van der Waals surface area contributed by atoms with Crippen molar-refractivity contribution in [1.82, 2.24) is 0 Å². The van der Waals surface area contributed by atoms with E-state index in [-0.39, 0.29) is 39.7 Å². The normalized spacial score (nSPS) is 31.2. The van der Waals surface area contributed by atoms with Crippen molar-refractivity contribution in [3.8, 4) is 23.0 Å². The summed E-state index contributed by atoms with van der Waals surface area (Å²) in [4.78, 5) is 0. The smallest absolute Gasteiger partial charge is 0.161 e. The highest BCUT2D eigenvalue weighted by Crippen LogP contribution is 2.70. The first-order valence-electron chi connectivity index (χ1n) is 11.7. The first-order valence-corrected chi connectivity index (χ1v) is 11.7. The van der Waals surface area contributed by atoms with E-state index in [9.17, 15) is 20.4 Å². The van der Waals surface area contributed by atoms with Crippen LogP contribution in [0.3, 0.4) is 0 Å². The van der Waals surface area contributed by atoms with Gasteiger partial charge in [0.05, 0.1) is 0 Å². The minimum Gasteiger partial charge on any atom is -0.504 e. The zero-order valence-electron chi connectivity index (χ0n) is 19.4. The third-order valence-corrected chi connectivity index (χ3v) is 8.48. The molecule has 168 valence electrons. The molecular formula is C27H36O4. The Balaban J connectivity index is 2.14. The van der Waals surface area contributed by atoms with Crippen molar-refractivity contribution in [1.29, 1.82) is 0 Å². The summed E-state index contributed by atoms with van der Waals surface area (Å²) in [6, 6.07) is 7.06. The molecule has 0 saturated carbocycles. The third kappa shape index (κ3) is 2.66. The fraction of sp³-hybridized carbons (Fsp3) is 0.556. The van der Waals surface area contributed by atoms with Gasteiger partial charge < -0.3 is 20.4 Å². The Bertz CT molecular complexity index is 1030. The molecule has 0 aromatic heterocycles. The monoisotopic (exact) mass is 424 g/mol. The first kappa shape index (κ1) is 21.9. The molecule has 4 nitrogen and oxygen atoms in total. The minimum atomic E-state index is -0.527. The lowest BCUT2D eigenvalue weighted by Crippen LogP contribution is -2.40. The summed E-state index contributed by atoms with van der Waals surface area (Å²) in [6.07, 6.45) is 5.65. The number of phenolic OH excluding ortho intramolecular Hbond substituents is 4. The fourth-order valence-electron chi connectivity index (χ4n) is 7.60. The molecule has 0 fully saturated rings. The zero-order chi connectivity index (χ0) is 22.8. The molecule has 2 aromatic rings. The van der Waals surface area contributed by atoms with Gasteiger partial charge in [0.15, 0.2) is 23.0 Å². The van der Waals surface area contributed by atoms with Gasteiger partial charge in [-0.3, -0.25) is 0 Å². The summed E-state index contributed by atoms with van der Waals surface area (Å²) in [6.45, 7) is 11.1. The van der Waals surface area contributed by atoms with Crippen molar-refractivity contribution < 1.29 is 20.4 Å². The van der Waals surface area contributed by atoms with Crippen LogP contribution in [0.5, 0.6) is 23.0 Å². The molecule has 0 saturated heterocycles. The average molecular weight is 425 g/mol. The molecule has 4 N–H and O–H groups in total. The van der Waals surface area contributed by atoms with Crippen molar-refractivity contribution in [3.05, 3.63) is 46.5 Å². The molecule has 4 heteroatoms. The van der Waals surface area contributed by atoms with E-state index in [1.54, 1.807) is 18.2 Å². The number of benzene rings is 2. The summed E-state index contributed by atoms with van der Waals surface area (Å²) in [5, 5.41) is 42.7. The minimum absolute atomic E-state index is 0.0324. The fourth-order valence-corrected chi connectivity index (χ4v) is 7.60. The molecule has 0 bridgehead atoms. The Hall–Kier alpha value is -2.36. The second-order valence-corrected chi connectivity index (χ2v) is 10.3. The number of hydrogen-bond acceptors (Lipinski definition) is 4. The van der Waals surface area contributed by atoms with E-state index in [1.807, 2.05) is 6.07 Å². The van der Waals surface area contributed by atoms with E-state index in [0.717, 1.165) is 60.8 Å². The van der Waals surface area contributed by atoms with Crippen LogP contribution >= 0.6 is 0 Å². The van der Waals surface area contributed by atoms with E-state index in [2.05, 4.69) is 34.6 Å². The largest absolute Gasteiger partial charge is 0.504 e. The van der Waals surface area contributed by atoms with E-state index >= 15 is 0 Å². The molecule has 31 heavy (non-hydrogen) atoms. The Morgan fingerprint density at radius 1 is 0.806 bits per heavy atom. The van der Waals surface area contributed by atoms with E-state index in [4.69, 9.17) is 0 Å². The molecule has 0 aliphatic heterocycles. The lowest BCUT2D eigenvalue weighted by molar-refractivity contribution is 0.182. The Morgan fingerprint density at radius 3 is 2.00 bits per heavy atom. The SMILES string of the molecule is CCCC1(C)CC2(c3cc(O)c(O)cc3C(C)(CCC)C2CC)c2c1ccc(O)c2O. The van der Waals surface area contributed by atoms with Gasteiger partial charge in [-0.25, -0.2) is 0 Å². The number of fused-ring (bicyclic) bond motifs is 4. The molecular weight excluding hydrogens is 388 g/mol. The second-order valence-electron chi connectivity index (χ2n) is 10.3. The highest BCUT2D eigenvalue weighted by atomic mass is 16.3. The molecule has 1 spiro atoms. The van der Waals surface area contributed by atoms with Gasteiger partial charge in [-0.1, -0.05) is 59.9 Å². The van der Waals surface area contributed by atoms with Crippen LogP contribution in [-0.2, 0) is 16.2 Å². The third-order valence-electron chi connectivity index (χ3n) is 8.48. The topological polar surface area (TPSA) is 80.9 Å². The van der Waals surface area contributed by atoms with Crippen LogP contribution in [0, 0.1) is 5.92 Å². The van der Waals surface area contributed by atoms with Gasteiger partial charge in [-0.2, -0.15) is 0 Å². The van der Waals surface area contributed by atoms with Crippen molar-refractivity contribution >= 4 is 0 Å². The van der Waals surface area contributed by atoms with Gasteiger partial charge in [0.2, 0.25) is 0 Å². The van der Waals surface area contributed by atoms with E-state index in [0.29, 0.717) is 0 Å². The highest BCUT2D eigenvalue weighted by Gasteiger charge is 2.64. The number of phenols is 4. The first-order chi connectivity index (χ1) is 14.6. The van der Waals surface area contributed by atoms with Crippen LogP contribution in [0.4, 0.5) is 0 Å². The van der Waals surface area contributed by atoms with E-state index in [1.165, 1.54) is 0 Å². The Morgan fingerprint density at radius 2 is 1.42 bits per heavy atom. The Labute approximate surface area is 185 Å². The van der Waals surface area contributed by atoms with Crippen LogP contribution in [0.25, 0.3) is 0 Å². The standard InChI is InChI=1S/C27H36O4/c1-6-11-25(4)15-27(23-16(25)9-10-19(28)24(23)31)18-14-21(30)20(29)13-17(18)26(5,12-7-2)22(27)8-3/h9-10,13-14,22,28-31H,6-8,11-12,15H2,1-5H3. The lowest BCUT2D eigenvalue weighted by Gasteiger charge is -2.42. The van der Waals surface area contributed by atoms with Crippen molar-refractivity contribution in [2.24, 2.45) is 5.92 Å². The van der Waals surface area contributed by atoms with Crippen molar-refractivity contribution in [3.63, 3.8) is 0 Å². The molecule has 4 rings (SSSR count). The van der Waals surface area contributed by atoms with Gasteiger partial charge in [0, 0.05) is 11.0 Å². The lowest BCUT2D eigenvalue weighted by atomic mass is 9.61. The average Bonchev–Trinajstić information content (AvgIpc) is 3.06. The van der Waals surface area contributed by atoms with Crippen LogP contribution in [-0.4, -0.2) is 20.4 Å². The molecule has 4 atom stereocenters. The molecule has 2 aromatic carbocycles. The highest BCUT2D eigenvalue weighted by molar-refractivity contribution is 5.68. The van der Waals surface area contributed by atoms with Crippen LogP contribution in [0.2, 0.25) is 0 Å². The van der Waals surface area contributed by atoms with E-state index < -0.39 is 5.41 Å². The van der Waals surface area contributed by atoms with Crippen molar-refractivity contribution in [2.45, 2.75) is 89.4 Å². The van der Waals surface area contributed by atoms with Gasteiger partial charge in [-0.15, -0.1) is 0 Å². The van der Waals surface area contributed by atoms with Crippen LogP contribution in [0.1, 0.15) is 95.4 Å². The zero-order valence-corrected chi connectivity index (χ0v) is 19.4. The number of rotatable bonds is 5. The van der Waals surface area contributed by atoms with Gasteiger partial charge in [0.1, 0.15) is 0 Å². The molecule has 4 unspecified atom stereocenters. The number of aromatic hydroxyl groups is 4. The summed E-state index contributed by atoms with van der Waals surface area (Å²) in [7, 11) is 0. The molecule has 2 aliphatic carbocycles. The molecule has 0 amide bonds. The Kier molecular flexibility index (Phi) is 4.99. The predicted molar refractivity (Wildman–Crippen MR) is 123 cm³/mol. The summed E-state index contributed by atoms with van der Waals surface area (Å²) >= 11 is 0. The molecule has 0 heterocycles. The van der Waals surface area contributed by atoms with Crippen LogP contribution in [0.15, 0.2) is 24.3 Å². The predicted octanol–water partition coefficient (Wildman–Crippen LogP) is 6.35. The second kappa shape index (κ2) is 7.08. The van der Waals surface area contributed by atoms with Crippen LogP contribution < -0.4 is 0 Å². The molecule has 2 aliphatic rings. The van der Waals surface area contributed by atoms with Gasteiger partial charge in [-0.05, 0) is 70.9 Å². The van der Waals surface area contributed by atoms with Gasteiger partial charge >= 0.3 is 0 Å². The maximum atomic E-state index is 11.2. The quantitative estimate of drug-likeness (QED) is 0.421.